The maximum atomic E-state index is 13.5. The Morgan fingerprint density at radius 1 is 0.930 bits per heavy atom. The van der Waals surface area contributed by atoms with Gasteiger partial charge in [0.15, 0.2) is 9.84 Å². The zero-order chi connectivity index (χ0) is 29.7. The zero-order valence-electron chi connectivity index (χ0n) is 24.4. The number of rotatable bonds is 10. The van der Waals surface area contributed by atoms with Crippen molar-refractivity contribution in [2.75, 3.05) is 32.4 Å². The molecule has 0 aromatic heterocycles. The Balaban J connectivity index is 0.00000423. The molecule has 2 aliphatic rings. The molecule has 2 heterocycles. The molecule has 0 radical (unpaired) electrons. The maximum Gasteiger partial charge on any atom is 0.229 e. The van der Waals surface area contributed by atoms with Crippen LogP contribution in [0.15, 0.2) is 83.8 Å². The Morgan fingerprint density at radius 3 is 2.26 bits per heavy atom. The summed E-state index contributed by atoms with van der Waals surface area (Å²) in [6, 6.07) is 24.2. The molecule has 10 heteroatoms. The molecule has 2 amide bonds. The van der Waals surface area contributed by atoms with Crippen molar-refractivity contribution >= 4 is 45.7 Å². The Kier molecular flexibility index (Phi) is 10.9. The van der Waals surface area contributed by atoms with Crippen LogP contribution in [-0.2, 0) is 32.4 Å². The summed E-state index contributed by atoms with van der Waals surface area (Å²) < 4.78 is 23.5. The lowest BCUT2D eigenvalue weighted by molar-refractivity contribution is -0.139. The van der Waals surface area contributed by atoms with Gasteiger partial charge in [0.1, 0.15) is 0 Å². The van der Waals surface area contributed by atoms with Crippen molar-refractivity contribution in [3.05, 3.63) is 101 Å². The van der Waals surface area contributed by atoms with Gasteiger partial charge in [-0.1, -0.05) is 66.2 Å². The molecule has 43 heavy (non-hydrogen) atoms. The monoisotopic (exact) mass is 643 g/mol. The Hall–Kier alpha value is -2.91. The maximum absolute atomic E-state index is 13.5. The fourth-order valence-corrected chi connectivity index (χ4v) is 7.01. The highest BCUT2D eigenvalue weighted by Crippen LogP contribution is 2.42. The lowest BCUT2D eigenvalue weighted by Crippen LogP contribution is -2.45. The number of piperidine rings is 1. The van der Waals surface area contributed by atoms with Crippen molar-refractivity contribution in [2.45, 2.75) is 49.6 Å². The van der Waals surface area contributed by atoms with Crippen LogP contribution in [0, 0.1) is 5.41 Å². The molecule has 1 atom stereocenters. The van der Waals surface area contributed by atoms with E-state index in [1.54, 1.807) is 30.3 Å². The summed E-state index contributed by atoms with van der Waals surface area (Å²) in [7, 11) is -3.24. The Morgan fingerprint density at radius 2 is 1.60 bits per heavy atom. The normalized spacial score (nSPS) is 17.4. The third-order valence-corrected chi connectivity index (χ3v) is 10.0. The van der Waals surface area contributed by atoms with E-state index < -0.39 is 9.84 Å². The molecule has 2 fully saturated rings. The molecule has 1 N–H and O–H groups in total. The highest BCUT2D eigenvalue weighted by atomic mass is 35.5. The standard InChI is InChI=1S/C33H38ClN3O4S.ClH/c1-42(40,41)29-12-10-25(11-13-29)24-37-21-17-33(32(37)39)15-19-36(20-16-33)18-14-30(27-7-3-2-4-8-27)35-31(38)23-26-6-5-9-28(34)22-26;/h2-13,22,30H,14-21,23-24H2,1H3,(H,35,38);1H. The average Bonchev–Trinajstić information content (AvgIpc) is 3.26. The third-order valence-electron chi connectivity index (χ3n) is 8.66. The summed E-state index contributed by atoms with van der Waals surface area (Å²) in [5.74, 6) is 0.177. The van der Waals surface area contributed by atoms with Crippen LogP contribution in [0.4, 0.5) is 0 Å². The molecule has 7 nitrogen and oxygen atoms in total. The van der Waals surface area contributed by atoms with Gasteiger partial charge in [-0.05, 0) is 79.7 Å². The van der Waals surface area contributed by atoms with Crippen molar-refractivity contribution in [1.29, 1.82) is 0 Å². The highest BCUT2D eigenvalue weighted by Gasteiger charge is 2.47. The van der Waals surface area contributed by atoms with E-state index in [0.717, 1.165) is 68.6 Å². The van der Waals surface area contributed by atoms with Crippen molar-refractivity contribution in [2.24, 2.45) is 5.41 Å². The minimum Gasteiger partial charge on any atom is -0.349 e. The highest BCUT2D eigenvalue weighted by molar-refractivity contribution is 7.90. The van der Waals surface area contributed by atoms with E-state index in [2.05, 4.69) is 22.3 Å². The Bertz CT molecular complexity index is 1510. The summed E-state index contributed by atoms with van der Waals surface area (Å²) in [5.41, 5.74) is 2.59. The largest absolute Gasteiger partial charge is 0.349 e. The van der Waals surface area contributed by atoms with Crippen LogP contribution >= 0.6 is 24.0 Å². The second-order valence-electron chi connectivity index (χ2n) is 11.6. The second kappa shape index (κ2) is 14.2. The molecule has 0 saturated carbocycles. The molecule has 1 unspecified atom stereocenters. The van der Waals surface area contributed by atoms with E-state index >= 15 is 0 Å². The first-order chi connectivity index (χ1) is 20.1. The molecular formula is C33H39Cl2N3O4S. The van der Waals surface area contributed by atoms with Gasteiger partial charge in [-0.15, -0.1) is 12.4 Å². The number of benzene rings is 3. The fraction of sp³-hybridized carbons (Fsp3) is 0.394. The molecule has 2 saturated heterocycles. The number of likely N-dealkylation sites (tertiary alicyclic amines) is 2. The summed E-state index contributed by atoms with van der Waals surface area (Å²) in [5, 5.41) is 3.85. The van der Waals surface area contributed by atoms with E-state index in [1.165, 1.54) is 6.26 Å². The van der Waals surface area contributed by atoms with Gasteiger partial charge in [0.05, 0.1) is 22.8 Å². The topological polar surface area (TPSA) is 86.8 Å². The van der Waals surface area contributed by atoms with Crippen LogP contribution in [0.3, 0.4) is 0 Å². The predicted molar refractivity (Wildman–Crippen MR) is 172 cm³/mol. The number of amides is 2. The lowest BCUT2D eigenvalue weighted by Gasteiger charge is -2.38. The van der Waals surface area contributed by atoms with Gasteiger partial charge in [-0.25, -0.2) is 8.42 Å². The number of sulfone groups is 1. The zero-order valence-corrected chi connectivity index (χ0v) is 26.8. The minimum atomic E-state index is -3.24. The number of halogens is 2. The van der Waals surface area contributed by atoms with Crippen LogP contribution in [0.5, 0.6) is 0 Å². The summed E-state index contributed by atoms with van der Waals surface area (Å²) >= 11 is 6.10. The summed E-state index contributed by atoms with van der Waals surface area (Å²) in [6.45, 7) is 3.75. The number of nitrogens with one attached hydrogen (secondary N) is 1. The number of carbonyl (C=O) groups excluding carboxylic acids is 2. The fourth-order valence-electron chi connectivity index (χ4n) is 6.17. The van der Waals surface area contributed by atoms with Gasteiger partial charge in [0, 0.05) is 30.9 Å². The quantitative estimate of drug-likeness (QED) is 0.317. The van der Waals surface area contributed by atoms with Crippen LogP contribution in [0.2, 0.25) is 5.02 Å². The van der Waals surface area contributed by atoms with Crippen molar-refractivity contribution in [1.82, 2.24) is 15.1 Å². The predicted octanol–water partition coefficient (Wildman–Crippen LogP) is 5.47. The number of nitrogens with zero attached hydrogens (tertiary/aromatic N) is 2. The number of hydrogen-bond donors (Lipinski definition) is 1. The van der Waals surface area contributed by atoms with E-state index in [4.69, 9.17) is 11.6 Å². The van der Waals surface area contributed by atoms with E-state index in [-0.39, 0.29) is 47.0 Å². The molecule has 0 bridgehead atoms. The van der Waals surface area contributed by atoms with E-state index in [1.807, 2.05) is 41.3 Å². The molecule has 3 aromatic carbocycles. The molecule has 0 aliphatic carbocycles. The summed E-state index contributed by atoms with van der Waals surface area (Å²) in [6.07, 6.45) is 4.76. The van der Waals surface area contributed by atoms with Crippen LogP contribution in [0.1, 0.15) is 48.4 Å². The van der Waals surface area contributed by atoms with Gasteiger partial charge in [-0.2, -0.15) is 0 Å². The van der Waals surface area contributed by atoms with E-state index in [9.17, 15) is 18.0 Å². The molecule has 1 spiro atoms. The average molecular weight is 645 g/mol. The number of carbonyl (C=O) groups is 2. The van der Waals surface area contributed by atoms with Crippen LogP contribution in [0.25, 0.3) is 0 Å². The molecular weight excluding hydrogens is 605 g/mol. The molecule has 2 aliphatic heterocycles. The SMILES string of the molecule is CS(=O)(=O)c1ccc(CN2CCC3(CCN(CCC(NC(=O)Cc4cccc(Cl)c4)c4ccccc4)CC3)C2=O)cc1.Cl. The first-order valence-corrected chi connectivity index (χ1v) is 16.8. The number of hydrogen-bond acceptors (Lipinski definition) is 5. The molecule has 3 aromatic rings. The summed E-state index contributed by atoms with van der Waals surface area (Å²) in [4.78, 5) is 31.1. The van der Waals surface area contributed by atoms with Crippen LogP contribution < -0.4 is 5.32 Å². The third kappa shape index (κ3) is 8.38. The van der Waals surface area contributed by atoms with E-state index in [0.29, 0.717) is 11.6 Å². The van der Waals surface area contributed by atoms with Crippen LogP contribution in [-0.4, -0.2) is 62.5 Å². The molecule has 230 valence electrons. The van der Waals surface area contributed by atoms with Gasteiger partial charge in [0.2, 0.25) is 11.8 Å². The lowest BCUT2D eigenvalue weighted by atomic mass is 9.77. The van der Waals surface area contributed by atoms with Crippen molar-refractivity contribution < 1.29 is 18.0 Å². The van der Waals surface area contributed by atoms with Gasteiger partial charge in [0.25, 0.3) is 0 Å². The first-order valence-electron chi connectivity index (χ1n) is 14.5. The second-order valence-corrected chi connectivity index (χ2v) is 14.1. The van der Waals surface area contributed by atoms with Crippen molar-refractivity contribution in [3.63, 3.8) is 0 Å². The smallest absolute Gasteiger partial charge is 0.229 e. The van der Waals surface area contributed by atoms with Gasteiger partial charge in [-0.3, -0.25) is 9.59 Å². The van der Waals surface area contributed by atoms with Crippen molar-refractivity contribution in [3.8, 4) is 0 Å². The van der Waals surface area contributed by atoms with Gasteiger partial charge >= 0.3 is 0 Å². The first kappa shape index (κ1) is 33.0. The molecule has 5 rings (SSSR count). The minimum absolute atomic E-state index is 0. The van der Waals surface area contributed by atoms with Gasteiger partial charge < -0.3 is 15.1 Å². The Labute approximate surface area is 265 Å².